The summed E-state index contributed by atoms with van der Waals surface area (Å²) in [6, 6.07) is 24.2. The van der Waals surface area contributed by atoms with Crippen molar-refractivity contribution in [2.24, 2.45) is 0 Å². The van der Waals surface area contributed by atoms with Crippen LogP contribution in [0.1, 0.15) is 10.4 Å². The summed E-state index contributed by atoms with van der Waals surface area (Å²) in [5, 5.41) is 5.84. The number of anilines is 3. The molecule has 1 aliphatic rings. The van der Waals surface area contributed by atoms with E-state index in [0.717, 1.165) is 30.2 Å². The fourth-order valence-electron chi connectivity index (χ4n) is 3.61. The van der Waals surface area contributed by atoms with Crippen molar-refractivity contribution in [3.05, 3.63) is 84.4 Å². The van der Waals surface area contributed by atoms with Gasteiger partial charge in [-0.15, -0.1) is 0 Å². The second kappa shape index (κ2) is 9.87. The van der Waals surface area contributed by atoms with Crippen molar-refractivity contribution in [2.45, 2.75) is 0 Å². The summed E-state index contributed by atoms with van der Waals surface area (Å²) in [7, 11) is 1.57. The second-order valence-electron chi connectivity index (χ2n) is 7.50. The maximum Gasteiger partial charge on any atom is 0.321 e. The van der Waals surface area contributed by atoms with Crippen molar-refractivity contribution < 1.29 is 14.3 Å². The maximum atomic E-state index is 12.5. The molecular weight excluding hydrogens is 404 g/mol. The smallest absolute Gasteiger partial charge is 0.321 e. The predicted octanol–water partition coefficient (Wildman–Crippen LogP) is 4.30. The average Bonchev–Trinajstić information content (AvgIpc) is 2.85. The Kier molecular flexibility index (Phi) is 6.55. The lowest BCUT2D eigenvalue weighted by Gasteiger charge is -2.36. The van der Waals surface area contributed by atoms with Crippen molar-refractivity contribution in [3.63, 3.8) is 0 Å². The Morgan fingerprint density at radius 3 is 2.16 bits per heavy atom. The number of para-hydroxylation sites is 1. The standard InChI is InChI=1S/C25H26N4O3/c1-32-23-9-5-6-19(18-23)24(30)26-21-10-12-22(13-11-21)28-14-16-29(17-15-28)25(31)27-20-7-3-2-4-8-20/h2-13,18H,14-17H2,1H3,(H,26,30)(H,27,31). The Hall–Kier alpha value is -4.00. The summed E-state index contributed by atoms with van der Waals surface area (Å²) in [6.07, 6.45) is 0. The van der Waals surface area contributed by atoms with Gasteiger partial charge in [-0.3, -0.25) is 4.79 Å². The van der Waals surface area contributed by atoms with E-state index in [1.54, 1.807) is 31.4 Å². The molecule has 3 aromatic carbocycles. The van der Waals surface area contributed by atoms with Crippen LogP contribution in [0.25, 0.3) is 0 Å². The molecular formula is C25H26N4O3. The molecule has 0 aromatic heterocycles. The molecule has 0 aliphatic carbocycles. The van der Waals surface area contributed by atoms with E-state index in [1.807, 2.05) is 59.5 Å². The number of carbonyl (C=O) groups is 2. The number of hydrogen-bond acceptors (Lipinski definition) is 4. The highest BCUT2D eigenvalue weighted by Gasteiger charge is 2.21. The molecule has 1 fully saturated rings. The Balaban J connectivity index is 1.30. The topological polar surface area (TPSA) is 73.9 Å². The Morgan fingerprint density at radius 2 is 1.47 bits per heavy atom. The minimum atomic E-state index is -0.185. The zero-order chi connectivity index (χ0) is 22.3. The zero-order valence-corrected chi connectivity index (χ0v) is 18.0. The van der Waals surface area contributed by atoms with Crippen LogP contribution in [0.15, 0.2) is 78.9 Å². The van der Waals surface area contributed by atoms with Crippen molar-refractivity contribution in [2.75, 3.05) is 48.8 Å². The fraction of sp³-hybridized carbons (Fsp3) is 0.200. The number of methoxy groups -OCH3 is 1. The van der Waals surface area contributed by atoms with Crippen molar-refractivity contribution in [3.8, 4) is 5.75 Å². The van der Waals surface area contributed by atoms with E-state index < -0.39 is 0 Å². The number of nitrogens with zero attached hydrogens (tertiary/aromatic N) is 2. The summed E-state index contributed by atoms with van der Waals surface area (Å²) >= 11 is 0. The highest BCUT2D eigenvalue weighted by Crippen LogP contribution is 2.21. The van der Waals surface area contributed by atoms with Crippen LogP contribution in [0.5, 0.6) is 5.75 Å². The molecule has 0 unspecified atom stereocenters. The molecule has 1 saturated heterocycles. The summed E-state index contributed by atoms with van der Waals surface area (Å²) in [4.78, 5) is 29.0. The van der Waals surface area contributed by atoms with Crippen LogP contribution in [0, 0.1) is 0 Å². The molecule has 7 nitrogen and oxygen atoms in total. The molecule has 32 heavy (non-hydrogen) atoms. The van der Waals surface area contributed by atoms with E-state index in [4.69, 9.17) is 4.74 Å². The second-order valence-corrected chi connectivity index (χ2v) is 7.50. The van der Waals surface area contributed by atoms with E-state index >= 15 is 0 Å². The van der Waals surface area contributed by atoms with Gasteiger partial charge in [0.05, 0.1) is 7.11 Å². The molecule has 0 saturated carbocycles. The third-order valence-corrected chi connectivity index (χ3v) is 5.41. The minimum Gasteiger partial charge on any atom is -0.497 e. The Morgan fingerprint density at radius 1 is 0.781 bits per heavy atom. The Labute approximate surface area is 187 Å². The largest absolute Gasteiger partial charge is 0.497 e. The number of amides is 3. The van der Waals surface area contributed by atoms with Crippen molar-refractivity contribution in [1.29, 1.82) is 0 Å². The number of ether oxygens (including phenoxy) is 1. The van der Waals surface area contributed by atoms with Gasteiger partial charge >= 0.3 is 6.03 Å². The molecule has 4 rings (SSSR count). The van der Waals surface area contributed by atoms with Crippen LogP contribution in [-0.2, 0) is 0 Å². The number of benzene rings is 3. The van der Waals surface area contributed by atoms with Gasteiger partial charge in [0, 0.05) is 48.8 Å². The zero-order valence-electron chi connectivity index (χ0n) is 18.0. The first-order valence-electron chi connectivity index (χ1n) is 10.5. The minimum absolute atomic E-state index is 0.0774. The predicted molar refractivity (Wildman–Crippen MR) is 127 cm³/mol. The molecule has 7 heteroatoms. The number of nitrogens with one attached hydrogen (secondary N) is 2. The molecule has 0 bridgehead atoms. The molecule has 0 spiro atoms. The number of hydrogen-bond donors (Lipinski definition) is 2. The first-order valence-corrected chi connectivity index (χ1v) is 10.5. The van der Waals surface area contributed by atoms with Gasteiger partial charge in [0.25, 0.3) is 5.91 Å². The monoisotopic (exact) mass is 430 g/mol. The van der Waals surface area contributed by atoms with Gasteiger partial charge in [0.15, 0.2) is 0 Å². The fourth-order valence-corrected chi connectivity index (χ4v) is 3.61. The van der Waals surface area contributed by atoms with Gasteiger partial charge in [0.2, 0.25) is 0 Å². The number of urea groups is 1. The van der Waals surface area contributed by atoms with Crippen LogP contribution in [0.4, 0.5) is 21.9 Å². The summed E-state index contributed by atoms with van der Waals surface area (Å²) in [5.41, 5.74) is 3.12. The molecule has 1 aliphatic heterocycles. The van der Waals surface area contributed by atoms with Crippen molar-refractivity contribution in [1.82, 2.24) is 4.90 Å². The van der Waals surface area contributed by atoms with Gasteiger partial charge in [-0.05, 0) is 54.6 Å². The highest BCUT2D eigenvalue weighted by molar-refractivity contribution is 6.04. The number of carbonyl (C=O) groups excluding carboxylic acids is 2. The first kappa shape index (κ1) is 21.2. The lowest BCUT2D eigenvalue weighted by atomic mass is 10.2. The van der Waals surface area contributed by atoms with Crippen LogP contribution in [0.3, 0.4) is 0 Å². The lowest BCUT2D eigenvalue weighted by molar-refractivity contribution is 0.102. The van der Waals surface area contributed by atoms with E-state index in [-0.39, 0.29) is 11.9 Å². The lowest BCUT2D eigenvalue weighted by Crippen LogP contribution is -2.50. The van der Waals surface area contributed by atoms with Gasteiger partial charge in [-0.1, -0.05) is 24.3 Å². The number of rotatable bonds is 5. The highest BCUT2D eigenvalue weighted by atomic mass is 16.5. The van der Waals surface area contributed by atoms with Gasteiger partial charge in [-0.25, -0.2) is 4.79 Å². The van der Waals surface area contributed by atoms with Crippen LogP contribution >= 0.6 is 0 Å². The van der Waals surface area contributed by atoms with Crippen molar-refractivity contribution >= 4 is 29.0 Å². The van der Waals surface area contributed by atoms with E-state index in [0.29, 0.717) is 24.4 Å². The normalized spacial score (nSPS) is 13.4. The SMILES string of the molecule is COc1cccc(C(=O)Nc2ccc(N3CCN(C(=O)Nc4ccccc4)CC3)cc2)c1. The van der Waals surface area contributed by atoms with E-state index in [1.165, 1.54) is 0 Å². The Bertz CT molecular complexity index is 1060. The quantitative estimate of drug-likeness (QED) is 0.633. The summed E-state index contributed by atoms with van der Waals surface area (Å²) in [5.74, 6) is 0.458. The van der Waals surface area contributed by atoms with E-state index in [2.05, 4.69) is 15.5 Å². The molecule has 3 amide bonds. The van der Waals surface area contributed by atoms with Gasteiger partial charge in [0.1, 0.15) is 5.75 Å². The summed E-state index contributed by atoms with van der Waals surface area (Å²) in [6.45, 7) is 2.79. The first-order chi connectivity index (χ1) is 15.6. The van der Waals surface area contributed by atoms with E-state index in [9.17, 15) is 9.59 Å². The van der Waals surface area contributed by atoms with Crippen LogP contribution < -0.4 is 20.3 Å². The molecule has 1 heterocycles. The molecule has 2 N–H and O–H groups in total. The third kappa shape index (κ3) is 5.18. The van der Waals surface area contributed by atoms with Crippen LogP contribution in [-0.4, -0.2) is 50.1 Å². The average molecular weight is 431 g/mol. The molecule has 0 atom stereocenters. The van der Waals surface area contributed by atoms with Gasteiger partial charge in [-0.2, -0.15) is 0 Å². The molecule has 3 aromatic rings. The summed E-state index contributed by atoms with van der Waals surface area (Å²) < 4.78 is 5.18. The van der Waals surface area contributed by atoms with Gasteiger partial charge < -0.3 is 25.2 Å². The van der Waals surface area contributed by atoms with Crippen LogP contribution in [0.2, 0.25) is 0 Å². The molecule has 0 radical (unpaired) electrons. The molecule has 164 valence electrons. The third-order valence-electron chi connectivity index (χ3n) is 5.41. The maximum absolute atomic E-state index is 12.5. The number of piperazine rings is 1.